The molecule has 2 aromatic rings. The Balaban J connectivity index is 2.09. The second-order valence-electron chi connectivity index (χ2n) is 5.30. The lowest BCUT2D eigenvalue weighted by molar-refractivity contribution is -0.0804. The largest absolute Gasteiger partial charge is 0.379 e. The SMILES string of the molecule is CCC(C#N)C1(c2ccc3ccccc3c2)COC1. The van der Waals surface area contributed by atoms with Crippen molar-refractivity contribution in [3.05, 3.63) is 48.0 Å². The van der Waals surface area contributed by atoms with Crippen LogP contribution in [0.3, 0.4) is 0 Å². The van der Waals surface area contributed by atoms with E-state index in [2.05, 4.69) is 49.4 Å². The van der Waals surface area contributed by atoms with Crippen molar-refractivity contribution < 1.29 is 4.74 Å². The molecule has 96 valence electrons. The summed E-state index contributed by atoms with van der Waals surface area (Å²) in [7, 11) is 0. The van der Waals surface area contributed by atoms with Crippen molar-refractivity contribution >= 4 is 10.8 Å². The van der Waals surface area contributed by atoms with Gasteiger partial charge in [0, 0.05) is 0 Å². The number of nitriles is 1. The standard InChI is InChI=1S/C17H17NO/c1-2-15(10-18)17(11-19-12-17)16-8-7-13-5-3-4-6-14(13)9-16/h3-9,15H,2,11-12H2,1H3. The molecule has 0 spiro atoms. The van der Waals surface area contributed by atoms with Crippen LogP contribution in [0.4, 0.5) is 0 Å². The Morgan fingerprint density at radius 1 is 1.21 bits per heavy atom. The van der Waals surface area contributed by atoms with Crippen molar-refractivity contribution in [1.29, 1.82) is 5.26 Å². The molecule has 0 aromatic heterocycles. The molecule has 1 fully saturated rings. The Hall–Kier alpha value is -1.85. The third-order valence-electron chi connectivity index (χ3n) is 4.27. The maximum Gasteiger partial charge on any atom is 0.0666 e. The fourth-order valence-corrected chi connectivity index (χ4v) is 3.00. The van der Waals surface area contributed by atoms with Crippen LogP contribution in [0.5, 0.6) is 0 Å². The molecule has 2 aromatic carbocycles. The molecule has 2 nitrogen and oxygen atoms in total. The van der Waals surface area contributed by atoms with Gasteiger partial charge in [-0.3, -0.25) is 0 Å². The van der Waals surface area contributed by atoms with E-state index in [0.717, 1.165) is 6.42 Å². The van der Waals surface area contributed by atoms with Gasteiger partial charge in [-0.2, -0.15) is 5.26 Å². The fourth-order valence-electron chi connectivity index (χ4n) is 3.00. The zero-order valence-electron chi connectivity index (χ0n) is 11.1. The molecule has 1 aliphatic heterocycles. The summed E-state index contributed by atoms with van der Waals surface area (Å²) in [5, 5.41) is 11.9. The molecular formula is C17H17NO. The van der Waals surface area contributed by atoms with Crippen molar-refractivity contribution in [1.82, 2.24) is 0 Å². The molecule has 2 heteroatoms. The smallest absolute Gasteiger partial charge is 0.0666 e. The maximum absolute atomic E-state index is 9.40. The average molecular weight is 251 g/mol. The van der Waals surface area contributed by atoms with Crippen LogP contribution in [-0.2, 0) is 10.2 Å². The number of hydrogen-bond acceptors (Lipinski definition) is 2. The van der Waals surface area contributed by atoms with Gasteiger partial charge in [0.15, 0.2) is 0 Å². The summed E-state index contributed by atoms with van der Waals surface area (Å²) in [5.41, 5.74) is 1.14. The number of nitrogens with zero attached hydrogens (tertiary/aromatic N) is 1. The van der Waals surface area contributed by atoms with E-state index in [1.165, 1.54) is 16.3 Å². The Morgan fingerprint density at radius 2 is 1.95 bits per heavy atom. The van der Waals surface area contributed by atoms with Crippen molar-refractivity contribution in [3.63, 3.8) is 0 Å². The number of hydrogen-bond donors (Lipinski definition) is 0. The molecular weight excluding hydrogens is 234 g/mol. The second kappa shape index (κ2) is 4.68. The van der Waals surface area contributed by atoms with Gasteiger partial charge in [-0.15, -0.1) is 0 Å². The monoisotopic (exact) mass is 251 g/mol. The summed E-state index contributed by atoms with van der Waals surface area (Å²) in [4.78, 5) is 0. The van der Waals surface area contributed by atoms with Gasteiger partial charge in [0.05, 0.1) is 30.6 Å². The summed E-state index contributed by atoms with van der Waals surface area (Å²) >= 11 is 0. The molecule has 1 heterocycles. The maximum atomic E-state index is 9.40. The lowest BCUT2D eigenvalue weighted by Crippen LogP contribution is -2.51. The van der Waals surface area contributed by atoms with Gasteiger partial charge >= 0.3 is 0 Å². The lowest BCUT2D eigenvalue weighted by atomic mass is 9.68. The molecule has 0 amide bonds. The van der Waals surface area contributed by atoms with Crippen LogP contribution in [0, 0.1) is 17.2 Å². The number of benzene rings is 2. The molecule has 0 N–H and O–H groups in total. The minimum atomic E-state index is -0.104. The summed E-state index contributed by atoms with van der Waals surface area (Å²) in [6.07, 6.45) is 0.868. The molecule has 1 aliphatic rings. The zero-order chi connectivity index (χ0) is 13.3. The summed E-state index contributed by atoms with van der Waals surface area (Å²) < 4.78 is 5.44. The van der Waals surface area contributed by atoms with Crippen LogP contribution < -0.4 is 0 Å². The van der Waals surface area contributed by atoms with Crippen LogP contribution in [0.15, 0.2) is 42.5 Å². The van der Waals surface area contributed by atoms with Crippen LogP contribution in [0.1, 0.15) is 18.9 Å². The van der Waals surface area contributed by atoms with Crippen molar-refractivity contribution in [2.75, 3.05) is 13.2 Å². The highest BCUT2D eigenvalue weighted by Crippen LogP contribution is 2.41. The fraction of sp³-hybridized carbons (Fsp3) is 0.353. The first-order valence-corrected chi connectivity index (χ1v) is 6.77. The highest BCUT2D eigenvalue weighted by molar-refractivity contribution is 5.83. The van der Waals surface area contributed by atoms with Gasteiger partial charge in [-0.25, -0.2) is 0 Å². The van der Waals surface area contributed by atoms with Crippen LogP contribution in [-0.4, -0.2) is 13.2 Å². The molecule has 0 saturated carbocycles. The molecule has 19 heavy (non-hydrogen) atoms. The zero-order valence-corrected chi connectivity index (χ0v) is 11.1. The van der Waals surface area contributed by atoms with Gasteiger partial charge in [0.25, 0.3) is 0 Å². The highest BCUT2D eigenvalue weighted by Gasteiger charge is 2.46. The average Bonchev–Trinajstić information content (AvgIpc) is 2.42. The molecule has 0 aliphatic carbocycles. The second-order valence-corrected chi connectivity index (χ2v) is 5.30. The number of rotatable bonds is 3. The summed E-state index contributed by atoms with van der Waals surface area (Å²) in [5.74, 6) is 0.0300. The normalized spacial score (nSPS) is 18.5. The third kappa shape index (κ3) is 1.82. The van der Waals surface area contributed by atoms with Crippen molar-refractivity contribution in [2.24, 2.45) is 5.92 Å². The van der Waals surface area contributed by atoms with Gasteiger partial charge in [-0.05, 0) is 22.8 Å². The van der Waals surface area contributed by atoms with E-state index >= 15 is 0 Å². The molecule has 1 saturated heterocycles. The van der Waals surface area contributed by atoms with Gasteiger partial charge in [0.1, 0.15) is 0 Å². The first-order valence-electron chi connectivity index (χ1n) is 6.77. The summed E-state index contributed by atoms with van der Waals surface area (Å²) in [6, 6.07) is 17.3. The molecule has 1 atom stereocenters. The molecule has 1 unspecified atom stereocenters. The van der Waals surface area contributed by atoms with Gasteiger partial charge in [-0.1, -0.05) is 49.4 Å². The Morgan fingerprint density at radius 3 is 2.53 bits per heavy atom. The number of fused-ring (bicyclic) bond motifs is 1. The van der Waals surface area contributed by atoms with Gasteiger partial charge in [0.2, 0.25) is 0 Å². The van der Waals surface area contributed by atoms with E-state index in [1.54, 1.807) is 0 Å². The molecule has 0 radical (unpaired) electrons. The Labute approximate surface area is 113 Å². The third-order valence-corrected chi connectivity index (χ3v) is 4.27. The van der Waals surface area contributed by atoms with Crippen LogP contribution >= 0.6 is 0 Å². The van der Waals surface area contributed by atoms with Crippen LogP contribution in [0.2, 0.25) is 0 Å². The minimum Gasteiger partial charge on any atom is -0.379 e. The van der Waals surface area contributed by atoms with Crippen molar-refractivity contribution in [3.8, 4) is 6.07 Å². The van der Waals surface area contributed by atoms with Crippen LogP contribution in [0.25, 0.3) is 10.8 Å². The van der Waals surface area contributed by atoms with Crippen molar-refractivity contribution in [2.45, 2.75) is 18.8 Å². The first-order chi connectivity index (χ1) is 9.30. The van der Waals surface area contributed by atoms with E-state index in [9.17, 15) is 5.26 Å². The lowest BCUT2D eigenvalue weighted by Gasteiger charge is -2.45. The quantitative estimate of drug-likeness (QED) is 0.834. The Kier molecular flexibility index (Phi) is 3.00. The highest BCUT2D eigenvalue weighted by atomic mass is 16.5. The van der Waals surface area contributed by atoms with E-state index in [0.29, 0.717) is 13.2 Å². The minimum absolute atomic E-state index is 0.0300. The predicted molar refractivity (Wildman–Crippen MR) is 75.8 cm³/mol. The van der Waals surface area contributed by atoms with Gasteiger partial charge < -0.3 is 4.74 Å². The summed E-state index contributed by atoms with van der Waals surface area (Å²) in [6.45, 7) is 3.41. The van der Waals surface area contributed by atoms with E-state index in [4.69, 9.17) is 4.74 Å². The molecule has 0 bridgehead atoms. The molecule has 3 rings (SSSR count). The first kappa shape index (κ1) is 12.2. The van der Waals surface area contributed by atoms with E-state index in [-0.39, 0.29) is 11.3 Å². The Bertz CT molecular complexity index is 637. The predicted octanol–water partition coefficient (Wildman–Crippen LogP) is 3.66. The van der Waals surface area contributed by atoms with E-state index in [1.807, 2.05) is 6.07 Å². The topological polar surface area (TPSA) is 33.0 Å². The van der Waals surface area contributed by atoms with E-state index < -0.39 is 0 Å². The number of ether oxygens (including phenoxy) is 1.